The molecule has 0 aliphatic carbocycles. The lowest BCUT2D eigenvalue weighted by atomic mass is 10.1. The Kier molecular flexibility index (Phi) is 6.37. The van der Waals surface area contributed by atoms with Crippen LogP contribution in [0.4, 0.5) is 0 Å². The predicted molar refractivity (Wildman–Crippen MR) is 111 cm³/mol. The lowest BCUT2D eigenvalue weighted by Gasteiger charge is -2.19. The quantitative estimate of drug-likeness (QED) is 0.632. The van der Waals surface area contributed by atoms with Gasteiger partial charge in [-0.05, 0) is 47.9 Å². The molecule has 0 spiro atoms. The zero-order chi connectivity index (χ0) is 20.1. The van der Waals surface area contributed by atoms with Gasteiger partial charge in [0.25, 0.3) is 5.91 Å². The summed E-state index contributed by atoms with van der Waals surface area (Å²) in [6.07, 6.45) is 3.57. The Morgan fingerprint density at radius 2 is 1.82 bits per heavy atom. The number of rotatable bonds is 7. The highest BCUT2D eigenvalue weighted by Gasteiger charge is 2.21. The molecule has 1 heterocycles. The zero-order valence-electron chi connectivity index (χ0n) is 16.2. The number of benzene rings is 2. The molecule has 0 radical (unpaired) electrons. The highest BCUT2D eigenvalue weighted by atomic mass is 35.5. The Morgan fingerprint density at radius 3 is 2.39 bits per heavy atom. The van der Waals surface area contributed by atoms with Gasteiger partial charge in [-0.3, -0.25) is 4.79 Å². The second-order valence-corrected chi connectivity index (χ2v) is 7.52. The number of carbonyl (C=O) groups is 1. The van der Waals surface area contributed by atoms with Gasteiger partial charge in [0.05, 0.1) is 6.61 Å². The summed E-state index contributed by atoms with van der Waals surface area (Å²) in [6, 6.07) is 14.2. The third-order valence-electron chi connectivity index (χ3n) is 4.30. The second kappa shape index (κ2) is 8.93. The van der Waals surface area contributed by atoms with Crippen molar-refractivity contribution in [2.45, 2.75) is 19.9 Å². The van der Waals surface area contributed by atoms with E-state index in [0.717, 1.165) is 17.1 Å². The van der Waals surface area contributed by atoms with Crippen LogP contribution in [0, 0.1) is 5.92 Å². The number of aromatic nitrogens is 2. The van der Waals surface area contributed by atoms with Gasteiger partial charge in [-0.15, -0.1) is 0 Å². The minimum Gasteiger partial charge on any atom is -0.493 e. The first-order valence-corrected chi connectivity index (χ1v) is 9.58. The molecule has 3 aromatic rings. The van der Waals surface area contributed by atoms with Crippen LogP contribution in [-0.2, 0) is 7.05 Å². The van der Waals surface area contributed by atoms with Gasteiger partial charge in [0.1, 0.15) is 17.6 Å². The summed E-state index contributed by atoms with van der Waals surface area (Å²) in [4.78, 5) is 17.3. The molecular weight excluding hydrogens is 374 g/mol. The van der Waals surface area contributed by atoms with E-state index >= 15 is 0 Å². The smallest absolute Gasteiger partial charge is 0.252 e. The van der Waals surface area contributed by atoms with Crippen molar-refractivity contribution in [1.82, 2.24) is 14.9 Å². The summed E-state index contributed by atoms with van der Waals surface area (Å²) in [5, 5.41) is 3.72. The number of aryl methyl sites for hydroxylation is 1. The lowest BCUT2D eigenvalue weighted by molar-refractivity contribution is 0.0941. The van der Waals surface area contributed by atoms with E-state index < -0.39 is 0 Å². The van der Waals surface area contributed by atoms with E-state index in [0.29, 0.717) is 23.1 Å². The normalized spacial score (nSPS) is 12.0. The maximum Gasteiger partial charge on any atom is 0.252 e. The zero-order valence-corrected chi connectivity index (χ0v) is 17.0. The number of halogens is 1. The molecule has 2 aromatic carbocycles. The molecule has 0 aliphatic heterocycles. The van der Waals surface area contributed by atoms with Crippen LogP contribution >= 0.6 is 11.6 Å². The van der Waals surface area contributed by atoms with Crippen molar-refractivity contribution in [3.05, 3.63) is 82.9 Å². The van der Waals surface area contributed by atoms with Crippen LogP contribution in [0.15, 0.2) is 60.9 Å². The van der Waals surface area contributed by atoms with Crippen LogP contribution in [0.1, 0.15) is 41.6 Å². The fourth-order valence-corrected chi connectivity index (χ4v) is 2.91. The molecular formula is C22H24ClN3O2. The van der Waals surface area contributed by atoms with Crippen LogP contribution in [0.2, 0.25) is 5.02 Å². The first-order valence-electron chi connectivity index (χ1n) is 9.20. The standard InChI is InChI=1S/C22H24ClN3O2/c1-15(2)14-28-19-10-6-17(7-11-19)22(27)25-20(21-24-12-13-26(21)3)16-4-8-18(23)9-5-16/h4-13,15,20H,14H2,1-3H3,(H,25,27)/t20-/m1/s1. The van der Waals surface area contributed by atoms with Crippen molar-refractivity contribution in [3.8, 4) is 5.75 Å². The first-order chi connectivity index (χ1) is 13.4. The van der Waals surface area contributed by atoms with E-state index in [9.17, 15) is 4.79 Å². The van der Waals surface area contributed by atoms with Gasteiger partial charge in [-0.25, -0.2) is 4.98 Å². The molecule has 1 N–H and O–H groups in total. The number of imidazole rings is 1. The first kappa shape index (κ1) is 20.0. The maximum atomic E-state index is 12.9. The molecule has 3 rings (SSSR count). The SMILES string of the molecule is CC(C)COc1ccc(C(=O)N[C@H](c2ccc(Cl)cc2)c2nccn2C)cc1. The topological polar surface area (TPSA) is 56.1 Å². The van der Waals surface area contributed by atoms with Gasteiger partial charge in [0.2, 0.25) is 0 Å². The molecule has 146 valence electrons. The van der Waals surface area contributed by atoms with E-state index in [2.05, 4.69) is 24.1 Å². The number of hydrogen-bond donors (Lipinski definition) is 1. The van der Waals surface area contributed by atoms with Gasteiger partial charge in [-0.2, -0.15) is 0 Å². The van der Waals surface area contributed by atoms with Crippen molar-refractivity contribution in [1.29, 1.82) is 0 Å². The van der Waals surface area contributed by atoms with Gasteiger partial charge < -0.3 is 14.6 Å². The van der Waals surface area contributed by atoms with Crippen LogP contribution < -0.4 is 10.1 Å². The fourth-order valence-electron chi connectivity index (χ4n) is 2.79. The van der Waals surface area contributed by atoms with Crippen LogP contribution in [-0.4, -0.2) is 22.1 Å². The number of nitrogens with one attached hydrogen (secondary N) is 1. The third kappa shape index (κ3) is 4.93. The van der Waals surface area contributed by atoms with E-state index in [1.165, 1.54) is 0 Å². The molecule has 0 bridgehead atoms. The molecule has 1 amide bonds. The van der Waals surface area contributed by atoms with E-state index in [4.69, 9.17) is 16.3 Å². The van der Waals surface area contributed by atoms with Gasteiger partial charge in [-0.1, -0.05) is 37.6 Å². The number of nitrogens with zero attached hydrogens (tertiary/aromatic N) is 2. The molecule has 0 saturated heterocycles. The minimum atomic E-state index is -0.387. The number of hydrogen-bond acceptors (Lipinski definition) is 3. The van der Waals surface area contributed by atoms with Gasteiger partial charge >= 0.3 is 0 Å². The Balaban J connectivity index is 1.79. The fraction of sp³-hybridized carbons (Fsp3) is 0.273. The Morgan fingerprint density at radius 1 is 1.14 bits per heavy atom. The highest BCUT2D eigenvalue weighted by molar-refractivity contribution is 6.30. The largest absolute Gasteiger partial charge is 0.493 e. The van der Waals surface area contributed by atoms with E-state index in [-0.39, 0.29) is 11.9 Å². The molecule has 6 heteroatoms. The van der Waals surface area contributed by atoms with Crippen molar-refractivity contribution in [2.75, 3.05) is 6.61 Å². The molecule has 1 aromatic heterocycles. The van der Waals surface area contributed by atoms with Crippen molar-refractivity contribution in [3.63, 3.8) is 0 Å². The Hall–Kier alpha value is -2.79. The summed E-state index contributed by atoms with van der Waals surface area (Å²) >= 11 is 6.01. The van der Waals surface area contributed by atoms with Crippen molar-refractivity contribution >= 4 is 17.5 Å². The van der Waals surface area contributed by atoms with Gasteiger partial charge in [0, 0.05) is 30.0 Å². The average molecular weight is 398 g/mol. The maximum absolute atomic E-state index is 12.9. The summed E-state index contributed by atoms with van der Waals surface area (Å²) in [5.74, 6) is 1.76. The number of carbonyl (C=O) groups excluding carboxylic acids is 1. The Bertz CT molecular complexity index is 918. The van der Waals surface area contributed by atoms with Crippen molar-refractivity contribution < 1.29 is 9.53 Å². The molecule has 0 aliphatic rings. The minimum absolute atomic E-state index is 0.182. The molecule has 0 fully saturated rings. The molecule has 0 unspecified atom stereocenters. The number of amides is 1. The summed E-state index contributed by atoms with van der Waals surface area (Å²) in [7, 11) is 1.90. The monoisotopic (exact) mass is 397 g/mol. The summed E-state index contributed by atoms with van der Waals surface area (Å²) in [6.45, 7) is 4.83. The van der Waals surface area contributed by atoms with Crippen LogP contribution in [0.5, 0.6) is 5.75 Å². The molecule has 0 saturated carbocycles. The lowest BCUT2D eigenvalue weighted by Crippen LogP contribution is -2.31. The third-order valence-corrected chi connectivity index (χ3v) is 4.55. The summed E-state index contributed by atoms with van der Waals surface area (Å²) in [5.41, 5.74) is 1.47. The number of ether oxygens (including phenoxy) is 1. The van der Waals surface area contributed by atoms with Gasteiger partial charge in [0.15, 0.2) is 0 Å². The average Bonchev–Trinajstić information content (AvgIpc) is 3.11. The summed E-state index contributed by atoms with van der Waals surface area (Å²) < 4.78 is 7.57. The molecule has 1 atom stereocenters. The Labute approximate surface area is 170 Å². The predicted octanol–water partition coefficient (Wildman–Crippen LogP) is 4.63. The molecule has 28 heavy (non-hydrogen) atoms. The molecule has 5 nitrogen and oxygen atoms in total. The second-order valence-electron chi connectivity index (χ2n) is 7.08. The highest BCUT2D eigenvalue weighted by Crippen LogP contribution is 2.23. The van der Waals surface area contributed by atoms with E-state index in [1.54, 1.807) is 30.5 Å². The van der Waals surface area contributed by atoms with Crippen LogP contribution in [0.25, 0.3) is 0 Å². The van der Waals surface area contributed by atoms with Crippen LogP contribution in [0.3, 0.4) is 0 Å². The van der Waals surface area contributed by atoms with Crippen molar-refractivity contribution in [2.24, 2.45) is 13.0 Å². The van der Waals surface area contributed by atoms with E-state index in [1.807, 2.05) is 42.1 Å².